The predicted molar refractivity (Wildman–Crippen MR) is 116 cm³/mol. The first-order valence-electron chi connectivity index (χ1n) is 9.86. The molecule has 0 saturated carbocycles. The number of imidazole rings is 1. The molecule has 0 bridgehead atoms. The number of fused-ring (bicyclic) bond motifs is 1. The quantitative estimate of drug-likeness (QED) is 0.441. The van der Waals surface area contributed by atoms with Crippen LogP contribution in [0.25, 0.3) is 11.5 Å². The zero-order valence-corrected chi connectivity index (χ0v) is 18.3. The van der Waals surface area contributed by atoms with Crippen molar-refractivity contribution < 1.29 is 4.74 Å². The Bertz CT molecular complexity index is 1190. The maximum atomic E-state index is 5.40. The highest BCUT2D eigenvalue weighted by atomic mass is 79.9. The number of methoxy groups -OCH3 is 1. The van der Waals surface area contributed by atoms with Crippen LogP contribution < -0.4 is 4.74 Å². The van der Waals surface area contributed by atoms with Gasteiger partial charge in [0, 0.05) is 24.5 Å². The molecule has 30 heavy (non-hydrogen) atoms. The van der Waals surface area contributed by atoms with Crippen molar-refractivity contribution in [1.82, 2.24) is 29.3 Å². The number of nitrogens with zero attached hydrogens (tertiary/aromatic N) is 6. The van der Waals surface area contributed by atoms with Crippen LogP contribution in [0.15, 0.2) is 59.5 Å². The molecule has 4 heterocycles. The lowest BCUT2D eigenvalue weighted by Crippen LogP contribution is -2.28. The Balaban J connectivity index is 1.63. The summed E-state index contributed by atoms with van der Waals surface area (Å²) < 4.78 is 10.5. The molecule has 7 nitrogen and oxygen atoms in total. The molecule has 0 saturated heterocycles. The van der Waals surface area contributed by atoms with Crippen molar-refractivity contribution >= 4 is 15.9 Å². The maximum Gasteiger partial charge on any atom is 0.200 e. The van der Waals surface area contributed by atoms with Crippen molar-refractivity contribution in [2.75, 3.05) is 7.11 Å². The summed E-state index contributed by atoms with van der Waals surface area (Å²) in [7, 11) is 1.67. The van der Waals surface area contributed by atoms with Crippen molar-refractivity contribution in [1.29, 1.82) is 0 Å². The molecule has 8 heteroatoms. The Morgan fingerprint density at radius 1 is 1.10 bits per heavy atom. The van der Waals surface area contributed by atoms with E-state index >= 15 is 0 Å². The van der Waals surface area contributed by atoms with Crippen LogP contribution >= 0.6 is 15.9 Å². The zero-order chi connectivity index (χ0) is 20.7. The Morgan fingerprint density at radius 2 is 2.00 bits per heavy atom. The molecular formula is C22H21BrN6O. The topological polar surface area (TPSA) is 70.7 Å². The molecule has 152 valence electrons. The minimum atomic E-state index is 0.0467. The fraction of sp³-hybridized carbons (Fsp3) is 0.273. The summed E-state index contributed by atoms with van der Waals surface area (Å²) in [5.74, 6) is 3.51. The van der Waals surface area contributed by atoms with Gasteiger partial charge in [-0.05, 0) is 65.5 Å². The third kappa shape index (κ3) is 3.21. The highest BCUT2D eigenvalue weighted by molar-refractivity contribution is 9.10. The van der Waals surface area contributed by atoms with Crippen molar-refractivity contribution in [2.45, 2.75) is 31.8 Å². The summed E-state index contributed by atoms with van der Waals surface area (Å²) >= 11 is 3.62. The maximum absolute atomic E-state index is 5.40. The van der Waals surface area contributed by atoms with E-state index < -0.39 is 0 Å². The van der Waals surface area contributed by atoms with Gasteiger partial charge < -0.3 is 9.30 Å². The first-order valence-corrected chi connectivity index (χ1v) is 10.7. The fourth-order valence-electron chi connectivity index (χ4n) is 4.14. The van der Waals surface area contributed by atoms with E-state index in [0.717, 1.165) is 40.4 Å². The van der Waals surface area contributed by atoms with Gasteiger partial charge in [0.25, 0.3) is 0 Å². The number of hydrogen-bond acceptors (Lipinski definition) is 5. The van der Waals surface area contributed by atoms with Crippen LogP contribution in [0, 0.1) is 6.92 Å². The molecule has 0 spiro atoms. The van der Waals surface area contributed by atoms with Crippen LogP contribution in [0.2, 0.25) is 0 Å². The SMILES string of the molecule is COc1ccc(C2CCC(n3ccnc3C)n3nc(-c4ccccn4)nc32)cc1Br. The van der Waals surface area contributed by atoms with E-state index in [4.69, 9.17) is 14.8 Å². The van der Waals surface area contributed by atoms with E-state index in [0.29, 0.717) is 5.82 Å². The number of benzene rings is 1. The second-order valence-electron chi connectivity index (χ2n) is 7.34. The van der Waals surface area contributed by atoms with Gasteiger partial charge in [0.2, 0.25) is 0 Å². The van der Waals surface area contributed by atoms with Gasteiger partial charge in [-0.2, -0.15) is 0 Å². The van der Waals surface area contributed by atoms with Gasteiger partial charge in [-0.15, -0.1) is 5.10 Å². The molecule has 0 aliphatic carbocycles. The molecule has 4 aromatic rings. The van der Waals surface area contributed by atoms with E-state index in [1.54, 1.807) is 13.3 Å². The third-order valence-electron chi connectivity index (χ3n) is 5.62. The molecule has 3 aromatic heterocycles. The Kier molecular flexibility index (Phi) is 4.86. The molecular weight excluding hydrogens is 444 g/mol. The summed E-state index contributed by atoms with van der Waals surface area (Å²) in [4.78, 5) is 13.8. The number of halogens is 1. The molecule has 0 amide bonds. The minimum Gasteiger partial charge on any atom is -0.496 e. The lowest BCUT2D eigenvalue weighted by Gasteiger charge is -2.30. The van der Waals surface area contributed by atoms with Gasteiger partial charge in [-0.3, -0.25) is 4.98 Å². The molecule has 1 aromatic carbocycles. The third-order valence-corrected chi connectivity index (χ3v) is 6.24. The van der Waals surface area contributed by atoms with Crippen molar-refractivity contribution in [3.05, 3.63) is 76.7 Å². The normalized spacial score (nSPS) is 18.2. The van der Waals surface area contributed by atoms with Crippen LogP contribution in [-0.4, -0.2) is 36.4 Å². The van der Waals surface area contributed by atoms with Crippen molar-refractivity contribution in [3.8, 4) is 17.3 Å². The smallest absolute Gasteiger partial charge is 0.200 e. The summed E-state index contributed by atoms with van der Waals surface area (Å²) in [6, 6.07) is 12.0. The largest absolute Gasteiger partial charge is 0.496 e. The Morgan fingerprint density at radius 3 is 2.70 bits per heavy atom. The Labute approximate surface area is 182 Å². The van der Waals surface area contributed by atoms with Gasteiger partial charge in [0.05, 0.1) is 11.6 Å². The lowest BCUT2D eigenvalue weighted by atomic mass is 9.90. The van der Waals surface area contributed by atoms with Crippen LogP contribution in [0.1, 0.15) is 42.1 Å². The van der Waals surface area contributed by atoms with Crippen LogP contribution in [0.4, 0.5) is 0 Å². The average molecular weight is 465 g/mol. The predicted octanol–water partition coefficient (Wildman–Crippen LogP) is 4.59. The molecule has 1 aliphatic heterocycles. The Hall–Kier alpha value is -3.00. The van der Waals surface area contributed by atoms with Crippen LogP contribution in [-0.2, 0) is 0 Å². The summed E-state index contributed by atoms with van der Waals surface area (Å²) in [6.45, 7) is 2.02. The molecule has 5 rings (SSSR count). The minimum absolute atomic E-state index is 0.0467. The van der Waals surface area contributed by atoms with E-state index in [2.05, 4.69) is 42.6 Å². The van der Waals surface area contributed by atoms with Gasteiger partial charge in [-0.1, -0.05) is 12.1 Å². The fourth-order valence-corrected chi connectivity index (χ4v) is 4.70. The van der Waals surface area contributed by atoms with Crippen molar-refractivity contribution in [3.63, 3.8) is 0 Å². The summed E-state index contributed by atoms with van der Waals surface area (Å²) in [6.07, 6.45) is 7.55. The van der Waals surface area contributed by atoms with Gasteiger partial charge >= 0.3 is 0 Å². The second-order valence-corrected chi connectivity index (χ2v) is 8.19. The summed E-state index contributed by atoms with van der Waals surface area (Å²) in [5.41, 5.74) is 1.96. The van der Waals surface area contributed by atoms with Gasteiger partial charge in [0.15, 0.2) is 5.82 Å². The molecule has 0 N–H and O–H groups in total. The van der Waals surface area contributed by atoms with Gasteiger partial charge in [-0.25, -0.2) is 14.6 Å². The van der Waals surface area contributed by atoms with E-state index in [1.165, 1.54) is 5.56 Å². The zero-order valence-electron chi connectivity index (χ0n) is 16.7. The number of hydrogen-bond donors (Lipinski definition) is 0. The molecule has 0 fully saturated rings. The number of ether oxygens (including phenoxy) is 1. The van der Waals surface area contributed by atoms with E-state index in [1.807, 2.05) is 48.3 Å². The van der Waals surface area contributed by atoms with Crippen LogP contribution in [0.3, 0.4) is 0 Å². The molecule has 2 unspecified atom stereocenters. The van der Waals surface area contributed by atoms with E-state index in [-0.39, 0.29) is 12.1 Å². The van der Waals surface area contributed by atoms with Gasteiger partial charge in [0.1, 0.15) is 29.3 Å². The highest BCUT2D eigenvalue weighted by Crippen LogP contribution is 2.40. The first-order chi connectivity index (χ1) is 14.7. The van der Waals surface area contributed by atoms with Crippen LogP contribution in [0.5, 0.6) is 5.75 Å². The number of aromatic nitrogens is 6. The lowest BCUT2D eigenvalue weighted by molar-refractivity contribution is 0.297. The standard InChI is InChI=1S/C22H21BrN6O/c1-14-24-11-12-28(14)20-9-7-16(15-6-8-19(30-2)17(23)13-15)22-26-21(27-29(20)22)18-5-3-4-10-25-18/h3-6,8,10-13,16,20H,7,9H2,1-2H3. The average Bonchev–Trinajstić information content (AvgIpc) is 3.40. The van der Waals surface area contributed by atoms with E-state index in [9.17, 15) is 0 Å². The van der Waals surface area contributed by atoms with Crippen molar-refractivity contribution in [2.24, 2.45) is 0 Å². The monoisotopic (exact) mass is 464 g/mol. The molecule has 0 radical (unpaired) electrons. The summed E-state index contributed by atoms with van der Waals surface area (Å²) in [5, 5.41) is 4.89. The first kappa shape index (κ1) is 19.0. The number of pyridine rings is 1. The number of aryl methyl sites for hydroxylation is 1. The highest BCUT2D eigenvalue weighted by Gasteiger charge is 2.33. The molecule has 1 aliphatic rings. The number of rotatable bonds is 4. The second kappa shape index (κ2) is 7.68. The molecule has 2 atom stereocenters.